The molecule has 1 heterocycles. The number of benzene rings is 1. The number of oxime groups is 1. The molecule has 0 spiro atoms. The Morgan fingerprint density at radius 1 is 1.54 bits per heavy atom. The molecule has 3 heteroatoms. The van der Waals surface area contributed by atoms with Crippen LogP contribution in [0.25, 0.3) is 0 Å². The van der Waals surface area contributed by atoms with Crippen molar-refractivity contribution in [3.63, 3.8) is 0 Å². The predicted molar refractivity (Wildman–Crippen MR) is 54.7 cm³/mol. The molecule has 0 bridgehead atoms. The summed E-state index contributed by atoms with van der Waals surface area (Å²) in [5.74, 6) is 0. The summed E-state index contributed by atoms with van der Waals surface area (Å²) in [6.07, 6.45) is 0.983. The molecule has 1 aromatic rings. The molecule has 68 valence electrons. The molecule has 2 rings (SSSR count). The van der Waals surface area contributed by atoms with Gasteiger partial charge < -0.3 is 5.21 Å². The van der Waals surface area contributed by atoms with Gasteiger partial charge in [-0.15, -0.1) is 11.8 Å². The van der Waals surface area contributed by atoms with E-state index in [1.165, 1.54) is 10.5 Å². The quantitative estimate of drug-likeness (QED) is 0.422. The van der Waals surface area contributed by atoms with E-state index in [2.05, 4.69) is 17.3 Å². The first kappa shape index (κ1) is 8.63. The normalized spacial score (nSPS) is 21.6. The van der Waals surface area contributed by atoms with Crippen molar-refractivity contribution >= 4 is 17.5 Å². The van der Waals surface area contributed by atoms with E-state index in [-0.39, 0.29) is 0 Å². The second kappa shape index (κ2) is 3.42. The van der Waals surface area contributed by atoms with Gasteiger partial charge in [-0.2, -0.15) is 0 Å². The number of hydrogen-bond acceptors (Lipinski definition) is 3. The lowest BCUT2D eigenvalue weighted by molar-refractivity contribution is 0.317. The Morgan fingerprint density at radius 3 is 3.00 bits per heavy atom. The number of thioether (sulfide) groups is 1. The van der Waals surface area contributed by atoms with Gasteiger partial charge in [0.15, 0.2) is 0 Å². The highest BCUT2D eigenvalue weighted by Crippen LogP contribution is 2.37. The molecule has 1 aromatic carbocycles. The van der Waals surface area contributed by atoms with Crippen molar-refractivity contribution in [3.05, 3.63) is 29.8 Å². The standard InChI is InChI=1S/C10H11NOS/c1-7(11-12)10-6-8-4-2-3-5-9(8)13-10/h2-5,10,12H,6H2,1H3/b11-7-. The summed E-state index contributed by atoms with van der Waals surface area (Å²) >= 11 is 1.78. The van der Waals surface area contributed by atoms with Gasteiger partial charge in [-0.1, -0.05) is 23.4 Å². The van der Waals surface area contributed by atoms with E-state index in [4.69, 9.17) is 5.21 Å². The Hall–Kier alpha value is -0.960. The van der Waals surface area contributed by atoms with Crippen LogP contribution >= 0.6 is 11.8 Å². The molecule has 1 atom stereocenters. The Balaban J connectivity index is 2.23. The Labute approximate surface area is 81.7 Å². The molecule has 0 saturated carbocycles. The number of rotatable bonds is 1. The largest absolute Gasteiger partial charge is 0.411 e. The van der Waals surface area contributed by atoms with Crippen molar-refractivity contribution < 1.29 is 5.21 Å². The maximum atomic E-state index is 8.65. The van der Waals surface area contributed by atoms with Gasteiger partial charge in [0.25, 0.3) is 0 Å². The lowest BCUT2D eigenvalue weighted by Gasteiger charge is -2.04. The monoisotopic (exact) mass is 193 g/mol. The van der Waals surface area contributed by atoms with E-state index in [1.807, 2.05) is 19.1 Å². The molecule has 0 amide bonds. The van der Waals surface area contributed by atoms with Gasteiger partial charge in [-0.3, -0.25) is 0 Å². The fraction of sp³-hybridized carbons (Fsp3) is 0.300. The van der Waals surface area contributed by atoms with Crippen LogP contribution < -0.4 is 0 Å². The van der Waals surface area contributed by atoms with Crippen LogP contribution in [0.5, 0.6) is 0 Å². The fourth-order valence-corrected chi connectivity index (χ4v) is 2.73. The van der Waals surface area contributed by atoms with Crippen LogP contribution in [0.4, 0.5) is 0 Å². The zero-order valence-corrected chi connectivity index (χ0v) is 8.21. The van der Waals surface area contributed by atoms with Gasteiger partial charge in [0.1, 0.15) is 0 Å². The van der Waals surface area contributed by atoms with Gasteiger partial charge in [-0.05, 0) is 25.0 Å². The second-order valence-electron chi connectivity index (χ2n) is 3.16. The van der Waals surface area contributed by atoms with Gasteiger partial charge in [0.2, 0.25) is 0 Å². The minimum Gasteiger partial charge on any atom is -0.411 e. The highest BCUT2D eigenvalue weighted by Gasteiger charge is 2.23. The summed E-state index contributed by atoms with van der Waals surface area (Å²) in [5, 5.41) is 12.2. The summed E-state index contributed by atoms with van der Waals surface area (Å²) in [6, 6.07) is 8.34. The van der Waals surface area contributed by atoms with Crippen LogP contribution in [-0.4, -0.2) is 16.2 Å². The van der Waals surface area contributed by atoms with Crippen molar-refractivity contribution in [2.75, 3.05) is 0 Å². The zero-order chi connectivity index (χ0) is 9.26. The van der Waals surface area contributed by atoms with Crippen LogP contribution in [0.15, 0.2) is 34.3 Å². The molecule has 1 aliphatic heterocycles. The second-order valence-corrected chi connectivity index (χ2v) is 4.40. The summed E-state index contributed by atoms with van der Waals surface area (Å²) in [5.41, 5.74) is 2.17. The molecule has 0 aliphatic carbocycles. The molecule has 2 nitrogen and oxygen atoms in total. The van der Waals surface area contributed by atoms with E-state index in [9.17, 15) is 0 Å². The third kappa shape index (κ3) is 1.56. The maximum absolute atomic E-state index is 8.65. The van der Waals surface area contributed by atoms with Crippen molar-refractivity contribution in [1.82, 2.24) is 0 Å². The molecule has 13 heavy (non-hydrogen) atoms. The lowest BCUT2D eigenvalue weighted by Crippen LogP contribution is -2.12. The van der Waals surface area contributed by atoms with E-state index < -0.39 is 0 Å². The number of hydrogen-bond donors (Lipinski definition) is 1. The van der Waals surface area contributed by atoms with Crippen molar-refractivity contribution in [3.8, 4) is 0 Å². The van der Waals surface area contributed by atoms with Crippen molar-refractivity contribution in [2.45, 2.75) is 23.5 Å². The number of nitrogens with zero attached hydrogens (tertiary/aromatic N) is 1. The van der Waals surface area contributed by atoms with Crippen LogP contribution in [0.2, 0.25) is 0 Å². The molecule has 0 fully saturated rings. The molecule has 1 unspecified atom stereocenters. The van der Waals surface area contributed by atoms with Crippen LogP contribution in [0, 0.1) is 0 Å². The Morgan fingerprint density at radius 2 is 2.31 bits per heavy atom. The van der Waals surface area contributed by atoms with E-state index >= 15 is 0 Å². The molecule has 0 aromatic heterocycles. The molecule has 0 radical (unpaired) electrons. The highest BCUT2D eigenvalue weighted by atomic mass is 32.2. The van der Waals surface area contributed by atoms with Gasteiger partial charge in [0, 0.05) is 4.90 Å². The maximum Gasteiger partial charge on any atom is 0.0676 e. The smallest absolute Gasteiger partial charge is 0.0676 e. The van der Waals surface area contributed by atoms with Gasteiger partial charge in [-0.25, -0.2) is 0 Å². The third-order valence-corrected chi connectivity index (χ3v) is 3.72. The predicted octanol–water partition coefficient (Wildman–Crippen LogP) is 2.55. The first-order chi connectivity index (χ1) is 6.31. The first-order valence-corrected chi connectivity index (χ1v) is 5.12. The van der Waals surface area contributed by atoms with Crippen LogP contribution in [-0.2, 0) is 6.42 Å². The average molecular weight is 193 g/mol. The Bertz CT molecular complexity index is 324. The zero-order valence-electron chi connectivity index (χ0n) is 7.40. The molecular formula is C10H11NOS. The fourth-order valence-electron chi connectivity index (χ4n) is 1.48. The lowest BCUT2D eigenvalue weighted by atomic mass is 10.1. The first-order valence-electron chi connectivity index (χ1n) is 4.24. The van der Waals surface area contributed by atoms with E-state index in [0.29, 0.717) is 5.25 Å². The minimum atomic E-state index is 0.322. The van der Waals surface area contributed by atoms with Crippen molar-refractivity contribution in [2.24, 2.45) is 5.16 Å². The summed E-state index contributed by atoms with van der Waals surface area (Å²) < 4.78 is 0. The van der Waals surface area contributed by atoms with E-state index in [1.54, 1.807) is 11.8 Å². The van der Waals surface area contributed by atoms with Crippen molar-refractivity contribution in [1.29, 1.82) is 0 Å². The van der Waals surface area contributed by atoms with Gasteiger partial charge in [0.05, 0.1) is 11.0 Å². The minimum absolute atomic E-state index is 0.322. The highest BCUT2D eigenvalue weighted by molar-refractivity contribution is 8.01. The van der Waals surface area contributed by atoms with E-state index in [0.717, 1.165) is 12.1 Å². The van der Waals surface area contributed by atoms with Gasteiger partial charge >= 0.3 is 0 Å². The third-order valence-electron chi connectivity index (χ3n) is 2.27. The Kier molecular flexibility index (Phi) is 2.27. The van der Waals surface area contributed by atoms with Crippen LogP contribution in [0.1, 0.15) is 12.5 Å². The topological polar surface area (TPSA) is 32.6 Å². The SMILES string of the molecule is C/C(=N/O)C1Cc2ccccc2S1. The summed E-state index contributed by atoms with van der Waals surface area (Å²) in [4.78, 5) is 1.32. The average Bonchev–Trinajstić information content (AvgIpc) is 2.59. The summed E-state index contributed by atoms with van der Waals surface area (Å²) in [7, 11) is 0. The molecule has 1 aliphatic rings. The molecule has 1 N–H and O–H groups in total. The number of fused-ring (bicyclic) bond motifs is 1. The van der Waals surface area contributed by atoms with Crippen LogP contribution in [0.3, 0.4) is 0 Å². The molecule has 0 saturated heterocycles. The molecular weight excluding hydrogens is 182 g/mol. The summed E-state index contributed by atoms with van der Waals surface area (Å²) in [6.45, 7) is 1.86.